The number of ether oxygens (including phenoxy) is 3. The summed E-state index contributed by atoms with van der Waals surface area (Å²) < 4.78 is 18.3. The molecule has 0 saturated carbocycles. The second-order valence-electron chi connectivity index (χ2n) is 6.40. The monoisotopic (exact) mass is 442 g/mol. The van der Waals surface area contributed by atoms with Crippen LogP contribution in [-0.4, -0.2) is 40.1 Å². The first-order valence-electron chi connectivity index (χ1n) is 9.97. The Morgan fingerprint density at radius 1 is 0.968 bits per heavy atom. The highest BCUT2D eigenvalue weighted by Crippen LogP contribution is 2.21. The lowest BCUT2D eigenvalue weighted by atomic mass is 10.3. The molecular weight excluding hydrogens is 416 g/mol. The van der Waals surface area contributed by atoms with E-state index in [1.165, 1.54) is 11.8 Å². The molecule has 3 rings (SSSR count). The summed E-state index contributed by atoms with van der Waals surface area (Å²) in [5, 5.41) is 12.0. The van der Waals surface area contributed by atoms with Crippen LogP contribution in [-0.2, 0) is 17.9 Å². The molecule has 1 N–H and O–H groups in total. The van der Waals surface area contributed by atoms with Crippen LogP contribution in [0.15, 0.2) is 53.7 Å². The second kappa shape index (κ2) is 11.3. The van der Waals surface area contributed by atoms with Gasteiger partial charge in [0.25, 0.3) is 0 Å². The van der Waals surface area contributed by atoms with Crippen LogP contribution in [0.1, 0.15) is 19.7 Å². The minimum absolute atomic E-state index is 0.115. The van der Waals surface area contributed by atoms with Crippen LogP contribution in [0, 0.1) is 0 Å². The summed E-state index contributed by atoms with van der Waals surface area (Å²) in [6, 6.07) is 14.6. The topological polar surface area (TPSA) is 87.5 Å². The lowest BCUT2D eigenvalue weighted by Gasteiger charge is -2.10. The molecular formula is C22H26N4O4S. The molecule has 2 aromatic carbocycles. The standard InChI is InChI=1S/C22H26N4O4S/c1-4-26-20(14-30-19-12-10-17(28-3)11-13-19)24-25-22(26)31-15-21(27)23-16-6-8-18(9-7-16)29-5-2/h6-13H,4-5,14-15H2,1-3H3,(H,23,27). The van der Waals surface area contributed by atoms with E-state index in [0.717, 1.165) is 22.9 Å². The van der Waals surface area contributed by atoms with E-state index in [0.29, 0.717) is 24.1 Å². The zero-order chi connectivity index (χ0) is 22.1. The van der Waals surface area contributed by atoms with Gasteiger partial charge in [0.1, 0.15) is 23.9 Å². The molecule has 164 valence electrons. The second-order valence-corrected chi connectivity index (χ2v) is 7.34. The molecule has 0 aliphatic heterocycles. The van der Waals surface area contributed by atoms with Crippen molar-refractivity contribution < 1.29 is 19.0 Å². The van der Waals surface area contributed by atoms with Gasteiger partial charge in [-0.2, -0.15) is 0 Å². The molecule has 8 nitrogen and oxygen atoms in total. The molecule has 9 heteroatoms. The molecule has 1 aromatic heterocycles. The smallest absolute Gasteiger partial charge is 0.234 e. The molecule has 0 atom stereocenters. The van der Waals surface area contributed by atoms with Gasteiger partial charge < -0.3 is 24.1 Å². The van der Waals surface area contributed by atoms with E-state index in [-0.39, 0.29) is 18.3 Å². The number of anilines is 1. The molecule has 0 bridgehead atoms. The molecule has 1 heterocycles. The third kappa shape index (κ3) is 6.39. The summed E-state index contributed by atoms with van der Waals surface area (Å²) in [4.78, 5) is 12.3. The average Bonchev–Trinajstić information content (AvgIpc) is 3.20. The van der Waals surface area contributed by atoms with Crippen molar-refractivity contribution in [2.45, 2.75) is 32.2 Å². The van der Waals surface area contributed by atoms with E-state index < -0.39 is 0 Å². The Labute approximate surface area is 185 Å². The van der Waals surface area contributed by atoms with Gasteiger partial charge in [0.15, 0.2) is 11.0 Å². The summed E-state index contributed by atoms with van der Waals surface area (Å²) in [5.74, 6) is 3.07. The number of aromatic nitrogens is 3. The van der Waals surface area contributed by atoms with Gasteiger partial charge in [0.05, 0.1) is 19.5 Å². The zero-order valence-electron chi connectivity index (χ0n) is 17.8. The fourth-order valence-corrected chi connectivity index (χ4v) is 3.62. The van der Waals surface area contributed by atoms with Gasteiger partial charge in [-0.05, 0) is 62.4 Å². The fourth-order valence-electron chi connectivity index (χ4n) is 2.80. The predicted octanol–water partition coefficient (Wildman–Crippen LogP) is 4.02. The normalized spacial score (nSPS) is 10.5. The highest BCUT2D eigenvalue weighted by molar-refractivity contribution is 7.99. The largest absolute Gasteiger partial charge is 0.497 e. The number of amides is 1. The number of nitrogens with one attached hydrogen (secondary N) is 1. The maximum Gasteiger partial charge on any atom is 0.234 e. The third-order valence-corrected chi connectivity index (χ3v) is 5.29. The summed E-state index contributed by atoms with van der Waals surface area (Å²) in [6.45, 7) is 5.50. The van der Waals surface area contributed by atoms with Gasteiger partial charge in [-0.15, -0.1) is 10.2 Å². The van der Waals surface area contributed by atoms with Crippen LogP contribution >= 0.6 is 11.8 Å². The Morgan fingerprint density at radius 3 is 2.26 bits per heavy atom. The lowest BCUT2D eigenvalue weighted by Crippen LogP contribution is -2.15. The molecule has 1 amide bonds. The Kier molecular flexibility index (Phi) is 8.17. The number of carbonyl (C=O) groups excluding carboxylic acids is 1. The van der Waals surface area contributed by atoms with E-state index in [9.17, 15) is 4.79 Å². The van der Waals surface area contributed by atoms with Crippen LogP contribution in [0.2, 0.25) is 0 Å². The maximum absolute atomic E-state index is 12.3. The number of hydrogen-bond donors (Lipinski definition) is 1. The van der Waals surface area contributed by atoms with Crippen LogP contribution in [0.25, 0.3) is 0 Å². The number of methoxy groups -OCH3 is 1. The van der Waals surface area contributed by atoms with Gasteiger partial charge in [-0.25, -0.2) is 0 Å². The van der Waals surface area contributed by atoms with Crippen molar-refractivity contribution in [2.75, 3.05) is 24.8 Å². The molecule has 0 aliphatic carbocycles. The number of nitrogens with zero attached hydrogens (tertiary/aromatic N) is 3. The average molecular weight is 443 g/mol. The van der Waals surface area contributed by atoms with Gasteiger partial charge in [-0.3, -0.25) is 4.79 Å². The first-order chi connectivity index (χ1) is 15.1. The molecule has 0 unspecified atom stereocenters. The van der Waals surface area contributed by atoms with Crippen molar-refractivity contribution in [3.63, 3.8) is 0 Å². The maximum atomic E-state index is 12.3. The highest BCUT2D eigenvalue weighted by Gasteiger charge is 2.14. The van der Waals surface area contributed by atoms with E-state index in [1.54, 1.807) is 7.11 Å². The van der Waals surface area contributed by atoms with Gasteiger partial charge in [0.2, 0.25) is 5.91 Å². The molecule has 0 fully saturated rings. The lowest BCUT2D eigenvalue weighted by molar-refractivity contribution is -0.113. The summed E-state index contributed by atoms with van der Waals surface area (Å²) in [5.41, 5.74) is 0.722. The zero-order valence-corrected chi connectivity index (χ0v) is 18.6. The van der Waals surface area contributed by atoms with E-state index >= 15 is 0 Å². The summed E-state index contributed by atoms with van der Waals surface area (Å²) in [6.07, 6.45) is 0. The predicted molar refractivity (Wildman–Crippen MR) is 120 cm³/mol. The Morgan fingerprint density at radius 2 is 1.61 bits per heavy atom. The first-order valence-corrected chi connectivity index (χ1v) is 11.0. The van der Waals surface area contributed by atoms with Gasteiger partial charge in [-0.1, -0.05) is 11.8 Å². The first kappa shape index (κ1) is 22.5. The number of hydrogen-bond acceptors (Lipinski definition) is 7. The highest BCUT2D eigenvalue weighted by atomic mass is 32.2. The van der Waals surface area contributed by atoms with E-state index in [2.05, 4.69) is 15.5 Å². The number of thioether (sulfide) groups is 1. The third-order valence-electron chi connectivity index (χ3n) is 4.32. The van der Waals surface area contributed by atoms with Crippen LogP contribution < -0.4 is 19.5 Å². The molecule has 0 aliphatic rings. The van der Waals surface area contributed by atoms with Crippen molar-refractivity contribution in [1.82, 2.24) is 14.8 Å². The summed E-state index contributed by atoms with van der Waals surface area (Å²) in [7, 11) is 1.62. The Balaban J connectivity index is 1.52. The molecule has 31 heavy (non-hydrogen) atoms. The van der Waals surface area contributed by atoms with Gasteiger partial charge in [0, 0.05) is 12.2 Å². The van der Waals surface area contributed by atoms with Crippen molar-refractivity contribution in [1.29, 1.82) is 0 Å². The quantitative estimate of drug-likeness (QED) is 0.449. The Bertz CT molecular complexity index is 974. The molecule has 3 aromatic rings. The minimum atomic E-state index is -0.115. The SMILES string of the molecule is CCOc1ccc(NC(=O)CSc2nnc(COc3ccc(OC)cc3)n2CC)cc1. The van der Waals surface area contributed by atoms with E-state index in [4.69, 9.17) is 14.2 Å². The van der Waals surface area contributed by atoms with Crippen molar-refractivity contribution in [3.05, 3.63) is 54.4 Å². The number of rotatable bonds is 11. The fraction of sp³-hybridized carbons (Fsp3) is 0.318. The van der Waals surface area contributed by atoms with Crippen LogP contribution in [0.4, 0.5) is 5.69 Å². The Hall–Kier alpha value is -3.20. The molecule has 0 radical (unpaired) electrons. The van der Waals surface area contributed by atoms with Crippen molar-refractivity contribution >= 4 is 23.4 Å². The van der Waals surface area contributed by atoms with E-state index in [1.807, 2.05) is 66.9 Å². The van der Waals surface area contributed by atoms with Crippen LogP contribution in [0.5, 0.6) is 17.2 Å². The molecule has 0 spiro atoms. The van der Waals surface area contributed by atoms with Gasteiger partial charge >= 0.3 is 0 Å². The van der Waals surface area contributed by atoms with Crippen molar-refractivity contribution in [3.8, 4) is 17.2 Å². The number of benzene rings is 2. The molecule has 0 saturated heterocycles. The van der Waals surface area contributed by atoms with Crippen LogP contribution in [0.3, 0.4) is 0 Å². The summed E-state index contributed by atoms with van der Waals surface area (Å²) >= 11 is 1.34. The minimum Gasteiger partial charge on any atom is -0.497 e. The number of carbonyl (C=O) groups is 1. The van der Waals surface area contributed by atoms with Crippen molar-refractivity contribution in [2.24, 2.45) is 0 Å².